The highest BCUT2D eigenvalue weighted by Gasteiger charge is 2.11. The summed E-state index contributed by atoms with van der Waals surface area (Å²) in [4.78, 5) is 0. The molecule has 0 atom stereocenters. The molecular formula is C19H22BrN3O3S. The Morgan fingerprint density at radius 2 is 2.00 bits per heavy atom. The maximum atomic E-state index is 5.92. The van der Waals surface area contributed by atoms with Crippen molar-refractivity contribution in [3.63, 3.8) is 0 Å². The molecule has 0 bridgehead atoms. The van der Waals surface area contributed by atoms with Crippen molar-refractivity contribution in [2.75, 3.05) is 27.4 Å². The second-order valence-electron chi connectivity index (χ2n) is 5.43. The Labute approximate surface area is 173 Å². The van der Waals surface area contributed by atoms with Crippen molar-refractivity contribution in [3.05, 3.63) is 58.1 Å². The number of nitrogens with zero attached hydrogens (tertiary/aromatic N) is 1. The van der Waals surface area contributed by atoms with E-state index in [9.17, 15) is 0 Å². The van der Waals surface area contributed by atoms with Crippen LogP contribution in [0.2, 0.25) is 0 Å². The third-order valence-electron chi connectivity index (χ3n) is 3.45. The van der Waals surface area contributed by atoms with E-state index in [1.54, 1.807) is 20.4 Å². The largest absolute Gasteiger partial charge is 0.493 e. The van der Waals surface area contributed by atoms with Gasteiger partial charge < -0.3 is 19.5 Å². The topological polar surface area (TPSA) is 64.1 Å². The van der Waals surface area contributed by atoms with Crippen molar-refractivity contribution in [3.8, 4) is 11.5 Å². The Bertz CT molecular complexity index is 772. The van der Waals surface area contributed by atoms with Gasteiger partial charge in [0.05, 0.1) is 24.4 Å². The summed E-state index contributed by atoms with van der Waals surface area (Å²) < 4.78 is 17.1. The summed E-state index contributed by atoms with van der Waals surface area (Å²) in [6.45, 7) is 1.64. The minimum atomic E-state index is 0.428. The maximum absolute atomic E-state index is 5.92. The van der Waals surface area contributed by atoms with Gasteiger partial charge in [0.15, 0.2) is 16.6 Å². The summed E-state index contributed by atoms with van der Waals surface area (Å²) in [5, 5.41) is 7.52. The highest BCUT2D eigenvalue weighted by atomic mass is 79.9. The molecule has 0 heterocycles. The molecule has 2 aromatic rings. The van der Waals surface area contributed by atoms with Gasteiger partial charge in [-0.15, -0.1) is 0 Å². The molecule has 6 nitrogen and oxygen atoms in total. The lowest BCUT2D eigenvalue weighted by molar-refractivity contribution is 0.204. The van der Waals surface area contributed by atoms with Crippen LogP contribution in [0.5, 0.6) is 11.5 Å². The van der Waals surface area contributed by atoms with E-state index in [0.717, 1.165) is 15.6 Å². The number of hydrazone groups is 1. The van der Waals surface area contributed by atoms with Gasteiger partial charge in [0.1, 0.15) is 6.61 Å². The average molecular weight is 452 g/mol. The first-order valence-electron chi connectivity index (χ1n) is 8.24. The van der Waals surface area contributed by atoms with Gasteiger partial charge in [0.2, 0.25) is 0 Å². The van der Waals surface area contributed by atoms with Crippen molar-refractivity contribution in [2.24, 2.45) is 5.10 Å². The highest BCUT2D eigenvalue weighted by molar-refractivity contribution is 9.10. The Hall–Kier alpha value is -2.16. The fourth-order valence-electron chi connectivity index (χ4n) is 2.16. The zero-order valence-corrected chi connectivity index (χ0v) is 17.6. The van der Waals surface area contributed by atoms with E-state index in [1.165, 1.54) is 0 Å². The summed E-state index contributed by atoms with van der Waals surface area (Å²) >= 11 is 8.65. The summed E-state index contributed by atoms with van der Waals surface area (Å²) in [5.41, 5.74) is 4.67. The number of thiocarbonyl (C=S) groups is 1. The third-order valence-corrected chi connectivity index (χ3v) is 4.27. The quantitative estimate of drug-likeness (QED) is 0.263. The lowest BCUT2D eigenvalue weighted by Gasteiger charge is -2.13. The summed E-state index contributed by atoms with van der Waals surface area (Å²) in [6.07, 6.45) is 1.65. The molecule has 8 heteroatoms. The number of nitrogens with one attached hydrogen (secondary N) is 2. The van der Waals surface area contributed by atoms with Gasteiger partial charge >= 0.3 is 0 Å². The highest BCUT2D eigenvalue weighted by Crippen LogP contribution is 2.36. The van der Waals surface area contributed by atoms with Crippen LogP contribution in [0.1, 0.15) is 11.1 Å². The SMILES string of the molecule is COCCNC(=S)N/N=C/c1cc(Br)c(OCc2ccccc2)c(OC)c1. The average Bonchev–Trinajstić information content (AvgIpc) is 2.68. The fourth-order valence-corrected chi connectivity index (χ4v) is 2.88. The van der Waals surface area contributed by atoms with Crippen molar-refractivity contribution in [2.45, 2.75) is 6.61 Å². The first-order chi connectivity index (χ1) is 13.1. The number of halogens is 1. The van der Waals surface area contributed by atoms with Crippen molar-refractivity contribution in [1.29, 1.82) is 0 Å². The van der Waals surface area contributed by atoms with Gasteiger partial charge in [0.25, 0.3) is 0 Å². The Kier molecular flexibility index (Phi) is 9.03. The van der Waals surface area contributed by atoms with Gasteiger partial charge in [-0.25, -0.2) is 0 Å². The van der Waals surface area contributed by atoms with Gasteiger partial charge in [-0.1, -0.05) is 30.3 Å². The number of ether oxygens (including phenoxy) is 3. The summed E-state index contributed by atoms with van der Waals surface area (Å²) in [6, 6.07) is 13.7. The van der Waals surface area contributed by atoms with E-state index < -0.39 is 0 Å². The molecule has 144 valence electrons. The summed E-state index contributed by atoms with van der Waals surface area (Å²) in [7, 11) is 3.24. The van der Waals surface area contributed by atoms with E-state index in [-0.39, 0.29) is 0 Å². The number of benzene rings is 2. The van der Waals surface area contributed by atoms with E-state index in [0.29, 0.717) is 36.4 Å². The molecular weight excluding hydrogens is 430 g/mol. The monoisotopic (exact) mass is 451 g/mol. The molecule has 0 aliphatic rings. The predicted octanol–water partition coefficient (Wildman–Crippen LogP) is 3.48. The van der Waals surface area contributed by atoms with E-state index in [2.05, 4.69) is 31.8 Å². The molecule has 0 aliphatic carbocycles. The molecule has 2 aromatic carbocycles. The van der Waals surface area contributed by atoms with Crippen LogP contribution in [0.4, 0.5) is 0 Å². The first kappa shape index (κ1) is 21.1. The molecule has 2 N–H and O–H groups in total. The van der Waals surface area contributed by atoms with E-state index in [1.807, 2.05) is 42.5 Å². The molecule has 0 amide bonds. The molecule has 0 radical (unpaired) electrons. The molecule has 0 fully saturated rings. The number of hydrogen-bond acceptors (Lipinski definition) is 5. The normalized spacial score (nSPS) is 10.6. The molecule has 2 rings (SSSR count). The van der Waals surface area contributed by atoms with Crippen molar-refractivity contribution < 1.29 is 14.2 Å². The zero-order valence-electron chi connectivity index (χ0n) is 15.2. The van der Waals surface area contributed by atoms with Crippen LogP contribution in [0.25, 0.3) is 0 Å². The molecule has 0 aliphatic heterocycles. The summed E-state index contributed by atoms with van der Waals surface area (Å²) in [5.74, 6) is 1.26. The van der Waals surface area contributed by atoms with Gasteiger partial charge in [-0.3, -0.25) is 5.43 Å². The van der Waals surface area contributed by atoms with Crippen LogP contribution in [0.15, 0.2) is 52.0 Å². The molecule has 27 heavy (non-hydrogen) atoms. The van der Waals surface area contributed by atoms with E-state index in [4.69, 9.17) is 26.4 Å². The second-order valence-corrected chi connectivity index (χ2v) is 6.69. The van der Waals surface area contributed by atoms with Gasteiger partial charge in [-0.05, 0) is 51.4 Å². The van der Waals surface area contributed by atoms with Gasteiger partial charge in [-0.2, -0.15) is 5.10 Å². The number of rotatable bonds is 9. The Morgan fingerprint density at radius 3 is 2.70 bits per heavy atom. The first-order valence-corrected chi connectivity index (χ1v) is 9.44. The van der Waals surface area contributed by atoms with E-state index >= 15 is 0 Å². The third kappa shape index (κ3) is 7.16. The van der Waals surface area contributed by atoms with Gasteiger partial charge in [0, 0.05) is 13.7 Å². The van der Waals surface area contributed by atoms with Crippen LogP contribution in [-0.2, 0) is 11.3 Å². The zero-order chi connectivity index (χ0) is 19.5. The Balaban J connectivity index is 2.00. The van der Waals surface area contributed by atoms with Crippen molar-refractivity contribution >= 4 is 39.5 Å². The minimum absolute atomic E-state index is 0.428. The second kappa shape index (κ2) is 11.5. The Morgan fingerprint density at radius 1 is 1.22 bits per heavy atom. The fraction of sp³-hybridized carbons (Fsp3) is 0.263. The molecule has 0 aromatic heterocycles. The standard InChI is InChI=1S/C19H22BrN3O3S/c1-24-9-8-21-19(27)23-22-12-15-10-16(20)18(17(11-15)25-2)26-13-14-6-4-3-5-7-14/h3-7,10-12H,8-9,13H2,1-2H3,(H2,21,23,27)/b22-12+. The smallest absolute Gasteiger partial charge is 0.187 e. The number of methoxy groups -OCH3 is 2. The van der Waals surface area contributed by atoms with Crippen LogP contribution in [-0.4, -0.2) is 38.7 Å². The maximum Gasteiger partial charge on any atom is 0.187 e. The molecule has 0 saturated heterocycles. The minimum Gasteiger partial charge on any atom is -0.493 e. The van der Waals surface area contributed by atoms with Crippen LogP contribution >= 0.6 is 28.1 Å². The lowest BCUT2D eigenvalue weighted by Crippen LogP contribution is -2.34. The predicted molar refractivity (Wildman–Crippen MR) is 115 cm³/mol. The molecule has 0 saturated carbocycles. The molecule has 0 spiro atoms. The van der Waals surface area contributed by atoms with Crippen LogP contribution < -0.4 is 20.2 Å². The van der Waals surface area contributed by atoms with Crippen LogP contribution in [0.3, 0.4) is 0 Å². The number of hydrogen-bond donors (Lipinski definition) is 2. The van der Waals surface area contributed by atoms with Crippen molar-refractivity contribution in [1.82, 2.24) is 10.7 Å². The van der Waals surface area contributed by atoms with Crippen LogP contribution in [0, 0.1) is 0 Å². The molecule has 0 unspecified atom stereocenters. The lowest BCUT2D eigenvalue weighted by atomic mass is 10.2.